The number of aromatic nitrogens is 4. The van der Waals surface area contributed by atoms with Crippen LogP contribution in [0.3, 0.4) is 0 Å². The Balaban J connectivity index is 1.24. The second kappa shape index (κ2) is 10.6. The number of nitrogen functional groups attached to an aromatic ring is 1. The van der Waals surface area contributed by atoms with Gasteiger partial charge in [-0.15, -0.1) is 0 Å². The maximum absolute atomic E-state index is 14.9. The smallest absolute Gasteiger partial charge is 0.261 e. The summed E-state index contributed by atoms with van der Waals surface area (Å²) in [7, 11) is 1.31. The molecule has 3 aromatic heterocycles. The number of nitrogens with zero attached hydrogens (tertiary/aromatic N) is 6. The van der Waals surface area contributed by atoms with Crippen molar-refractivity contribution in [1.82, 2.24) is 34.7 Å². The van der Waals surface area contributed by atoms with Crippen molar-refractivity contribution >= 4 is 23.1 Å². The number of nitrogens with two attached hydrogens (primary N) is 1. The molecule has 2 amide bonds. The maximum Gasteiger partial charge on any atom is 0.261 e. The Kier molecular flexibility index (Phi) is 7.13. The number of rotatable bonds is 7. The van der Waals surface area contributed by atoms with Crippen molar-refractivity contribution in [3.05, 3.63) is 35.8 Å². The van der Waals surface area contributed by atoms with Crippen LogP contribution < -0.4 is 15.8 Å². The molecule has 0 aromatic carbocycles. The summed E-state index contributed by atoms with van der Waals surface area (Å²) in [6, 6.07) is 2.11. The average molecular weight is 609 g/mol. The number of nitrogens with one attached hydrogen (secondary N) is 1. The van der Waals surface area contributed by atoms with E-state index in [4.69, 9.17) is 10.5 Å². The second-order valence-corrected chi connectivity index (χ2v) is 11.4. The van der Waals surface area contributed by atoms with E-state index in [0.29, 0.717) is 22.3 Å². The molecule has 2 aliphatic heterocycles. The first-order valence-electron chi connectivity index (χ1n) is 13.7. The summed E-state index contributed by atoms with van der Waals surface area (Å²) in [6.45, 7) is -0.504. The van der Waals surface area contributed by atoms with Gasteiger partial charge in [0, 0.05) is 56.6 Å². The highest BCUT2D eigenvalue weighted by atomic mass is 19.3. The quantitative estimate of drug-likeness (QED) is 0.392. The first-order chi connectivity index (χ1) is 20.3. The monoisotopic (exact) mass is 608 g/mol. The van der Waals surface area contributed by atoms with E-state index in [2.05, 4.69) is 20.4 Å². The second-order valence-electron chi connectivity index (χ2n) is 11.4. The van der Waals surface area contributed by atoms with E-state index in [1.807, 2.05) is 0 Å². The minimum atomic E-state index is -2.88. The van der Waals surface area contributed by atoms with Gasteiger partial charge in [-0.05, 0) is 17.7 Å². The molecule has 16 heteroatoms. The van der Waals surface area contributed by atoms with E-state index in [1.165, 1.54) is 30.2 Å². The molecule has 1 aliphatic carbocycles. The van der Waals surface area contributed by atoms with Gasteiger partial charge in [0.15, 0.2) is 5.82 Å². The molecule has 11 nitrogen and oxygen atoms in total. The molecule has 230 valence electrons. The number of likely N-dealkylation sites (tertiary alicyclic amines) is 2. The Labute approximate surface area is 242 Å². The van der Waals surface area contributed by atoms with Crippen LogP contribution in [0.15, 0.2) is 24.7 Å². The number of amides is 2. The van der Waals surface area contributed by atoms with E-state index >= 15 is 0 Å². The van der Waals surface area contributed by atoms with E-state index in [1.54, 1.807) is 11.0 Å². The summed E-state index contributed by atoms with van der Waals surface area (Å²) in [6.07, 6.45) is -0.311. The van der Waals surface area contributed by atoms with Gasteiger partial charge < -0.3 is 20.7 Å². The number of carbonyl (C=O) groups excluding carboxylic acids is 2. The van der Waals surface area contributed by atoms with Gasteiger partial charge >= 0.3 is 0 Å². The van der Waals surface area contributed by atoms with Crippen LogP contribution in [0.25, 0.3) is 16.8 Å². The van der Waals surface area contributed by atoms with E-state index in [9.17, 15) is 31.5 Å². The van der Waals surface area contributed by atoms with Crippen LogP contribution in [0, 0.1) is 5.92 Å². The van der Waals surface area contributed by atoms with Crippen LogP contribution in [0.5, 0.6) is 5.88 Å². The van der Waals surface area contributed by atoms with E-state index < -0.39 is 61.2 Å². The molecule has 0 spiro atoms. The maximum atomic E-state index is 14.9. The zero-order valence-corrected chi connectivity index (χ0v) is 23.1. The summed E-state index contributed by atoms with van der Waals surface area (Å²) in [5.41, 5.74) is 8.00. The predicted molar refractivity (Wildman–Crippen MR) is 142 cm³/mol. The number of methoxy groups -OCH3 is 1. The van der Waals surface area contributed by atoms with Crippen molar-refractivity contribution in [2.24, 2.45) is 5.92 Å². The number of halogens is 5. The number of pyridine rings is 1. The molecule has 3 fully saturated rings. The summed E-state index contributed by atoms with van der Waals surface area (Å²) < 4.78 is 75.8. The highest BCUT2D eigenvalue weighted by Gasteiger charge is 2.51. The number of ether oxygens (including phenoxy) is 1. The van der Waals surface area contributed by atoms with Gasteiger partial charge in [-0.2, -0.15) is 5.10 Å². The Morgan fingerprint density at radius 1 is 1.14 bits per heavy atom. The topological polar surface area (TPSA) is 131 Å². The first kappa shape index (κ1) is 29.0. The largest absolute Gasteiger partial charge is 0.480 e. The minimum Gasteiger partial charge on any atom is -0.480 e. The number of carbonyl (C=O) groups is 2. The van der Waals surface area contributed by atoms with Crippen LogP contribution in [0.1, 0.15) is 35.2 Å². The molecule has 2 atom stereocenters. The molecule has 0 radical (unpaired) electrons. The number of hydrogen-bond donors (Lipinski definition) is 2. The average Bonchev–Trinajstić information content (AvgIpc) is 3.61. The molecular formula is C27H29F5N8O3. The normalized spacial score (nSPS) is 23.4. The van der Waals surface area contributed by atoms with Crippen molar-refractivity contribution < 1.29 is 36.3 Å². The molecule has 3 aliphatic rings. The lowest BCUT2D eigenvalue weighted by atomic mass is 9.80. The lowest BCUT2D eigenvalue weighted by Gasteiger charge is -2.36. The van der Waals surface area contributed by atoms with E-state index in [-0.39, 0.29) is 49.9 Å². The molecule has 2 saturated heterocycles. The number of anilines is 1. The Bertz CT molecular complexity index is 1580. The molecule has 3 aromatic rings. The highest BCUT2D eigenvalue weighted by Crippen LogP contribution is 2.43. The zero-order valence-electron chi connectivity index (χ0n) is 23.1. The Morgan fingerprint density at radius 3 is 2.58 bits per heavy atom. The summed E-state index contributed by atoms with van der Waals surface area (Å²) in [5.74, 6) is -7.71. The predicted octanol–water partition coefficient (Wildman–Crippen LogP) is 2.55. The van der Waals surface area contributed by atoms with Crippen molar-refractivity contribution in [2.45, 2.75) is 49.9 Å². The highest BCUT2D eigenvalue weighted by molar-refractivity contribution is 5.98. The Hall–Kier alpha value is -4.08. The van der Waals surface area contributed by atoms with Gasteiger partial charge in [0.1, 0.15) is 23.6 Å². The third kappa shape index (κ3) is 5.55. The van der Waals surface area contributed by atoms with E-state index in [0.717, 1.165) is 4.90 Å². The molecule has 0 bridgehead atoms. The van der Waals surface area contributed by atoms with Crippen LogP contribution in [-0.4, -0.2) is 98.5 Å². The lowest BCUT2D eigenvalue weighted by molar-refractivity contribution is -0.159. The fourth-order valence-electron chi connectivity index (χ4n) is 5.99. The molecular weight excluding hydrogens is 579 g/mol. The Morgan fingerprint density at radius 2 is 1.91 bits per heavy atom. The van der Waals surface area contributed by atoms with Crippen molar-refractivity contribution in [3.63, 3.8) is 0 Å². The molecule has 43 heavy (non-hydrogen) atoms. The standard InChI is InChI=1S/C27H29F5N8O3/c1-43-24-17(23(41)37-19-11-39(10-18(19)28)25(42)16-6-27(31,32)7-16)4-14(8-34-24)20-5-15(9-38-3-2-26(29,30)12-38)21-22(33)35-13-36-40(20)21/h4-5,8,13,16,18-19H,2-3,6-7,9-12H2,1H3,(H,37,41)(H2,33,35,36)/t18-,19+/m0/s1. The van der Waals surface area contributed by atoms with Gasteiger partial charge in [0.25, 0.3) is 11.8 Å². The van der Waals surface area contributed by atoms with Gasteiger partial charge in [-0.25, -0.2) is 36.4 Å². The summed E-state index contributed by atoms with van der Waals surface area (Å²) in [4.78, 5) is 37.0. The molecule has 0 unspecified atom stereocenters. The molecule has 5 heterocycles. The van der Waals surface area contributed by atoms with Crippen molar-refractivity contribution in [3.8, 4) is 17.1 Å². The van der Waals surface area contributed by atoms with Crippen LogP contribution in [0.4, 0.5) is 27.8 Å². The summed E-state index contributed by atoms with van der Waals surface area (Å²) in [5, 5.41) is 6.85. The molecule has 6 rings (SSSR count). The molecule has 3 N–H and O–H groups in total. The van der Waals surface area contributed by atoms with Crippen LogP contribution >= 0.6 is 0 Å². The third-order valence-electron chi connectivity index (χ3n) is 8.21. The van der Waals surface area contributed by atoms with Gasteiger partial charge in [-0.1, -0.05) is 0 Å². The van der Waals surface area contributed by atoms with Gasteiger partial charge in [0.2, 0.25) is 17.7 Å². The van der Waals surface area contributed by atoms with Crippen LogP contribution in [-0.2, 0) is 11.3 Å². The summed E-state index contributed by atoms with van der Waals surface area (Å²) >= 11 is 0. The number of fused-ring (bicyclic) bond motifs is 1. The molecule has 1 saturated carbocycles. The van der Waals surface area contributed by atoms with Gasteiger partial charge in [-0.3, -0.25) is 14.5 Å². The fraction of sp³-hybridized carbons (Fsp3) is 0.519. The fourth-order valence-corrected chi connectivity index (χ4v) is 5.99. The minimum absolute atomic E-state index is 0.0340. The zero-order chi connectivity index (χ0) is 30.7. The number of hydrogen-bond acceptors (Lipinski definition) is 8. The van der Waals surface area contributed by atoms with Gasteiger partial charge in [0.05, 0.1) is 31.9 Å². The van der Waals surface area contributed by atoms with Crippen molar-refractivity contribution in [1.29, 1.82) is 0 Å². The third-order valence-corrected chi connectivity index (χ3v) is 8.21. The SMILES string of the molecule is COc1ncc(-c2cc(CN3CCC(F)(F)C3)c3c(N)ncnn23)cc1C(=O)N[C@@H]1CN(C(=O)C2CC(F)(F)C2)C[C@@H]1F. The number of alkyl halides is 5. The van der Waals surface area contributed by atoms with Crippen LogP contribution in [0.2, 0.25) is 0 Å². The first-order valence-corrected chi connectivity index (χ1v) is 13.7. The lowest BCUT2D eigenvalue weighted by Crippen LogP contribution is -2.47. The van der Waals surface area contributed by atoms with Crippen molar-refractivity contribution in [2.75, 3.05) is 39.0 Å².